The van der Waals surface area contributed by atoms with Crippen LogP contribution in [0.1, 0.15) is 0 Å². The summed E-state index contributed by atoms with van der Waals surface area (Å²) in [5.74, 6) is -0.0618. The predicted octanol–water partition coefficient (Wildman–Crippen LogP) is 1.54. The van der Waals surface area contributed by atoms with Gasteiger partial charge in [-0.1, -0.05) is 6.07 Å². The van der Waals surface area contributed by atoms with Crippen LogP contribution in [0.4, 0.5) is 5.69 Å². The van der Waals surface area contributed by atoms with Crippen molar-refractivity contribution in [3.8, 4) is 0 Å². The highest BCUT2D eigenvalue weighted by atomic mass is 15.0. The molecule has 0 unspecified atom stereocenters. The van der Waals surface area contributed by atoms with Crippen LogP contribution < -0.4 is 11.1 Å². The van der Waals surface area contributed by atoms with Gasteiger partial charge in [0.2, 0.25) is 0 Å². The maximum absolute atomic E-state index is 7.09. The monoisotopic (exact) mass is 186 g/mol. The molecule has 1 heterocycles. The Kier molecular flexibility index (Phi) is 2.02. The fourth-order valence-corrected chi connectivity index (χ4v) is 1.31. The molecular formula is C10H10N4. The van der Waals surface area contributed by atoms with Crippen molar-refractivity contribution in [1.82, 2.24) is 4.98 Å². The average molecular weight is 186 g/mol. The lowest BCUT2D eigenvalue weighted by atomic mass is 10.2. The third-order valence-corrected chi connectivity index (χ3v) is 1.88. The van der Waals surface area contributed by atoms with Gasteiger partial charge < -0.3 is 11.1 Å². The molecule has 0 radical (unpaired) electrons. The van der Waals surface area contributed by atoms with Crippen molar-refractivity contribution in [2.45, 2.75) is 0 Å². The van der Waals surface area contributed by atoms with Crippen LogP contribution >= 0.6 is 0 Å². The summed E-state index contributed by atoms with van der Waals surface area (Å²) < 4.78 is 0. The molecule has 1 aromatic carbocycles. The number of hydrogen-bond acceptors (Lipinski definition) is 2. The molecule has 14 heavy (non-hydrogen) atoms. The molecule has 0 spiro atoms. The Bertz CT molecular complexity index is 478. The van der Waals surface area contributed by atoms with Gasteiger partial charge in [0.15, 0.2) is 5.96 Å². The van der Waals surface area contributed by atoms with Gasteiger partial charge >= 0.3 is 0 Å². The van der Waals surface area contributed by atoms with E-state index < -0.39 is 0 Å². The van der Waals surface area contributed by atoms with Crippen LogP contribution in [0.25, 0.3) is 10.9 Å². The number of nitrogens with one attached hydrogen (secondary N) is 2. The zero-order chi connectivity index (χ0) is 9.97. The first-order valence-electron chi connectivity index (χ1n) is 4.21. The Morgan fingerprint density at radius 1 is 1.36 bits per heavy atom. The van der Waals surface area contributed by atoms with Crippen molar-refractivity contribution in [2.24, 2.45) is 5.73 Å². The number of pyridine rings is 1. The summed E-state index contributed by atoms with van der Waals surface area (Å²) in [6, 6.07) is 9.48. The van der Waals surface area contributed by atoms with E-state index in [0.717, 1.165) is 16.6 Å². The minimum atomic E-state index is -0.0618. The van der Waals surface area contributed by atoms with Crippen molar-refractivity contribution in [3.63, 3.8) is 0 Å². The number of hydrogen-bond donors (Lipinski definition) is 3. The lowest BCUT2D eigenvalue weighted by molar-refractivity contribution is 1.40. The van der Waals surface area contributed by atoms with Gasteiger partial charge in [0.25, 0.3) is 0 Å². The molecule has 0 atom stereocenters. The van der Waals surface area contributed by atoms with E-state index in [0.29, 0.717) is 0 Å². The number of nitrogens with two attached hydrogens (primary N) is 1. The van der Waals surface area contributed by atoms with Crippen molar-refractivity contribution < 1.29 is 0 Å². The van der Waals surface area contributed by atoms with Crippen LogP contribution in [-0.2, 0) is 0 Å². The summed E-state index contributed by atoms with van der Waals surface area (Å²) in [6.45, 7) is 0. The number of benzene rings is 1. The number of guanidine groups is 1. The first-order valence-corrected chi connectivity index (χ1v) is 4.21. The van der Waals surface area contributed by atoms with Gasteiger partial charge in [-0.05, 0) is 24.3 Å². The average Bonchev–Trinajstić information content (AvgIpc) is 2.17. The SMILES string of the molecule is N=C(N)Nc1ccc2ncccc2c1. The molecule has 0 amide bonds. The fourth-order valence-electron chi connectivity index (χ4n) is 1.31. The van der Waals surface area contributed by atoms with E-state index in [1.54, 1.807) is 6.20 Å². The minimum absolute atomic E-state index is 0.0618. The van der Waals surface area contributed by atoms with E-state index in [2.05, 4.69) is 10.3 Å². The molecule has 0 aliphatic heterocycles. The standard InChI is InChI=1S/C10H10N4/c11-10(12)14-8-3-4-9-7(6-8)2-1-5-13-9/h1-6H,(H4,11,12,14). The topological polar surface area (TPSA) is 74.8 Å². The molecule has 2 rings (SSSR count). The molecule has 0 saturated heterocycles. The highest BCUT2D eigenvalue weighted by molar-refractivity contribution is 5.92. The van der Waals surface area contributed by atoms with E-state index in [1.165, 1.54) is 0 Å². The fraction of sp³-hybridized carbons (Fsp3) is 0. The molecule has 4 nitrogen and oxygen atoms in total. The third-order valence-electron chi connectivity index (χ3n) is 1.88. The molecule has 4 N–H and O–H groups in total. The molecule has 0 saturated carbocycles. The number of fused-ring (bicyclic) bond motifs is 1. The van der Waals surface area contributed by atoms with Gasteiger partial charge in [0.1, 0.15) is 0 Å². The van der Waals surface area contributed by atoms with Crippen LogP contribution in [0.15, 0.2) is 36.5 Å². The Balaban J connectivity index is 2.46. The summed E-state index contributed by atoms with van der Waals surface area (Å²) in [4.78, 5) is 4.19. The second-order valence-electron chi connectivity index (χ2n) is 2.95. The summed E-state index contributed by atoms with van der Waals surface area (Å²) in [5.41, 5.74) is 6.96. The van der Waals surface area contributed by atoms with Gasteiger partial charge in [0.05, 0.1) is 5.52 Å². The van der Waals surface area contributed by atoms with Gasteiger partial charge in [-0.2, -0.15) is 0 Å². The largest absolute Gasteiger partial charge is 0.370 e. The van der Waals surface area contributed by atoms with Crippen LogP contribution in [0.2, 0.25) is 0 Å². The zero-order valence-corrected chi connectivity index (χ0v) is 7.49. The first-order chi connectivity index (χ1) is 6.75. The van der Waals surface area contributed by atoms with E-state index >= 15 is 0 Å². The highest BCUT2D eigenvalue weighted by Crippen LogP contribution is 2.16. The van der Waals surface area contributed by atoms with Crippen molar-refractivity contribution >= 4 is 22.5 Å². The molecule has 2 aromatic rings. The third kappa shape index (κ3) is 1.64. The normalized spacial score (nSPS) is 10.0. The van der Waals surface area contributed by atoms with Crippen molar-refractivity contribution in [1.29, 1.82) is 5.41 Å². The Labute approximate surface area is 81.3 Å². The van der Waals surface area contributed by atoms with E-state index in [9.17, 15) is 0 Å². The lowest BCUT2D eigenvalue weighted by Crippen LogP contribution is -2.20. The number of rotatable bonds is 1. The number of aromatic nitrogens is 1. The molecule has 4 heteroatoms. The van der Waals surface area contributed by atoms with Gasteiger partial charge in [-0.3, -0.25) is 10.4 Å². The van der Waals surface area contributed by atoms with Crippen LogP contribution in [0, 0.1) is 5.41 Å². The number of anilines is 1. The summed E-state index contributed by atoms with van der Waals surface area (Å²) >= 11 is 0. The quantitative estimate of drug-likeness (QED) is 0.467. The van der Waals surface area contributed by atoms with Gasteiger partial charge in [0, 0.05) is 17.3 Å². The molecule has 0 aliphatic rings. The van der Waals surface area contributed by atoms with Crippen LogP contribution in [0.5, 0.6) is 0 Å². The smallest absolute Gasteiger partial charge is 0.190 e. The highest BCUT2D eigenvalue weighted by Gasteiger charge is 1.96. The number of nitrogens with zero attached hydrogens (tertiary/aromatic N) is 1. The van der Waals surface area contributed by atoms with Gasteiger partial charge in [-0.15, -0.1) is 0 Å². The van der Waals surface area contributed by atoms with Gasteiger partial charge in [-0.25, -0.2) is 0 Å². The molecule has 70 valence electrons. The Morgan fingerprint density at radius 2 is 2.21 bits per heavy atom. The second kappa shape index (κ2) is 3.33. The second-order valence-corrected chi connectivity index (χ2v) is 2.95. The maximum Gasteiger partial charge on any atom is 0.190 e. The zero-order valence-electron chi connectivity index (χ0n) is 7.49. The van der Waals surface area contributed by atoms with Crippen molar-refractivity contribution in [3.05, 3.63) is 36.5 Å². The molecule has 0 fully saturated rings. The van der Waals surface area contributed by atoms with Crippen LogP contribution in [-0.4, -0.2) is 10.9 Å². The summed E-state index contributed by atoms with van der Waals surface area (Å²) in [7, 11) is 0. The lowest BCUT2D eigenvalue weighted by Gasteiger charge is -2.04. The van der Waals surface area contributed by atoms with E-state index in [4.69, 9.17) is 11.1 Å². The maximum atomic E-state index is 7.09. The molecule has 0 bridgehead atoms. The van der Waals surface area contributed by atoms with E-state index in [-0.39, 0.29) is 5.96 Å². The molecule has 1 aromatic heterocycles. The Hall–Kier alpha value is -2.10. The summed E-state index contributed by atoms with van der Waals surface area (Å²) in [6.07, 6.45) is 1.75. The molecule has 0 aliphatic carbocycles. The van der Waals surface area contributed by atoms with Crippen LogP contribution in [0.3, 0.4) is 0 Å². The molecular weight excluding hydrogens is 176 g/mol. The van der Waals surface area contributed by atoms with Crippen molar-refractivity contribution in [2.75, 3.05) is 5.32 Å². The first kappa shape index (κ1) is 8.50. The minimum Gasteiger partial charge on any atom is -0.370 e. The Morgan fingerprint density at radius 3 is 3.00 bits per heavy atom. The van der Waals surface area contributed by atoms with E-state index in [1.807, 2.05) is 30.3 Å². The predicted molar refractivity (Wildman–Crippen MR) is 57.3 cm³/mol. The summed E-state index contributed by atoms with van der Waals surface area (Å²) in [5, 5.41) is 10.8.